The monoisotopic (exact) mass is 288 g/mol. The molecule has 1 fully saturated rings. The summed E-state index contributed by atoms with van der Waals surface area (Å²) in [6.45, 7) is 12.9. The van der Waals surface area contributed by atoms with Gasteiger partial charge in [-0.2, -0.15) is 0 Å². The fraction of sp³-hybridized carbons (Fsp3) is 0.684. The number of piperazine rings is 1. The predicted octanol–water partition coefficient (Wildman–Crippen LogP) is 3.72. The molecule has 0 aromatic heterocycles. The Hall–Kier alpha value is -0.860. The van der Waals surface area contributed by atoms with Crippen molar-refractivity contribution in [3.05, 3.63) is 35.9 Å². The Morgan fingerprint density at radius 3 is 2.52 bits per heavy atom. The molecule has 0 saturated carbocycles. The van der Waals surface area contributed by atoms with E-state index in [9.17, 15) is 0 Å². The molecular formula is C19H32N2. The minimum Gasteiger partial charge on any atom is -0.311 e. The molecule has 1 aromatic rings. The number of benzene rings is 1. The number of hydrogen-bond donors (Lipinski definition) is 1. The summed E-state index contributed by atoms with van der Waals surface area (Å²) in [6.07, 6.45) is 3.66. The third-order valence-electron chi connectivity index (χ3n) is 4.57. The van der Waals surface area contributed by atoms with Crippen LogP contribution in [0.2, 0.25) is 0 Å². The highest BCUT2D eigenvalue weighted by atomic mass is 15.2. The quantitative estimate of drug-likeness (QED) is 0.888. The van der Waals surface area contributed by atoms with Crippen LogP contribution in [0.25, 0.3) is 0 Å². The molecule has 0 amide bonds. The highest BCUT2D eigenvalue weighted by Crippen LogP contribution is 2.22. The lowest BCUT2D eigenvalue weighted by Crippen LogP contribution is -2.57. The first-order chi connectivity index (χ1) is 9.98. The first kappa shape index (κ1) is 16.5. The summed E-state index contributed by atoms with van der Waals surface area (Å²) in [5, 5.41) is 3.72. The zero-order valence-corrected chi connectivity index (χ0v) is 14.2. The van der Waals surface area contributed by atoms with Crippen molar-refractivity contribution in [2.24, 2.45) is 5.41 Å². The van der Waals surface area contributed by atoms with Crippen molar-refractivity contribution in [3.8, 4) is 0 Å². The maximum absolute atomic E-state index is 3.72. The number of rotatable bonds is 5. The van der Waals surface area contributed by atoms with Gasteiger partial charge in [-0.3, -0.25) is 4.90 Å². The second-order valence-electron chi connectivity index (χ2n) is 7.66. The van der Waals surface area contributed by atoms with Gasteiger partial charge >= 0.3 is 0 Å². The van der Waals surface area contributed by atoms with Crippen LogP contribution in [0.4, 0.5) is 0 Å². The minimum absolute atomic E-state index is 0.421. The highest BCUT2D eigenvalue weighted by Gasteiger charge is 2.27. The van der Waals surface area contributed by atoms with Gasteiger partial charge in [-0.15, -0.1) is 0 Å². The maximum atomic E-state index is 3.72. The van der Waals surface area contributed by atoms with Gasteiger partial charge in [0.25, 0.3) is 0 Å². The van der Waals surface area contributed by atoms with Gasteiger partial charge in [-0.25, -0.2) is 0 Å². The highest BCUT2D eigenvalue weighted by molar-refractivity contribution is 5.16. The number of hydrogen-bond acceptors (Lipinski definition) is 2. The lowest BCUT2D eigenvalue weighted by Gasteiger charge is -2.41. The zero-order valence-electron chi connectivity index (χ0n) is 14.2. The van der Waals surface area contributed by atoms with Crippen molar-refractivity contribution in [2.45, 2.75) is 59.0 Å². The van der Waals surface area contributed by atoms with Crippen molar-refractivity contribution in [2.75, 3.05) is 19.6 Å². The average molecular weight is 288 g/mol. The SMILES string of the molecule is CCC1CN(CCC(C)(C)C)C(Cc2ccccc2)CN1. The van der Waals surface area contributed by atoms with E-state index in [-0.39, 0.29) is 0 Å². The van der Waals surface area contributed by atoms with Crippen LogP contribution in [-0.2, 0) is 6.42 Å². The molecule has 0 spiro atoms. The second-order valence-corrected chi connectivity index (χ2v) is 7.66. The molecule has 2 atom stereocenters. The number of nitrogens with one attached hydrogen (secondary N) is 1. The van der Waals surface area contributed by atoms with Gasteiger partial charge in [-0.1, -0.05) is 58.0 Å². The molecule has 1 saturated heterocycles. The Kier molecular flexibility index (Phi) is 5.83. The van der Waals surface area contributed by atoms with Crippen LogP contribution in [-0.4, -0.2) is 36.6 Å². The fourth-order valence-electron chi connectivity index (χ4n) is 3.04. The summed E-state index contributed by atoms with van der Waals surface area (Å²) < 4.78 is 0. The molecule has 21 heavy (non-hydrogen) atoms. The van der Waals surface area contributed by atoms with Crippen molar-refractivity contribution in [1.29, 1.82) is 0 Å². The summed E-state index contributed by atoms with van der Waals surface area (Å²) in [4.78, 5) is 2.73. The summed E-state index contributed by atoms with van der Waals surface area (Å²) in [6, 6.07) is 12.2. The van der Waals surface area contributed by atoms with Gasteiger partial charge in [0.15, 0.2) is 0 Å². The molecular weight excluding hydrogens is 256 g/mol. The van der Waals surface area contributed by atoms with Crippen LogP contribution >= 0.6 is 0 Å². The third-order valence-corrected chi connectivity index (χ3v) is 4.57. The normalized spacial score (nSPS) is 24.2. The molecule has 1 aliphatic rings. The van der Waals surface area contributed by atoms with E-state index in [2.05, 4.69) is 68.2 Å². The van der Waals surface area contributed by atoms with Gasteiger partial charge in [0, 0.05) is 25.2 Å². The van der Waals surface area contributed by atoms with E-state index >= 15 is 0 Å². The van der Waals surface area contributed by atoms with Crippen LogP contribution in [0.5, 0.6) is 0 Å². The zero-order chi connectivity index (χ0) is 15.3. The van der Waals surface area contributed by atoms with Crippen molar-refractivity contribution >= 4 is 0 Å². The van der Waals surface area contributed by atoms with Crippen molar-refractivity contribution in [3.63, 3.8) is 0 Å². The standard InChI is InChI=1S/C19H32N2/c1-5-17-15-21(12-11-19(2,3)4)18(14-20-17)13-16-9-7-6-8-10-16/h6-10,17-18,20H,5,11-15H2,1-4H3. The molecule has 2 rings (SSSR count). The largest absolute Gasteiger partial charge is 0.311 e. The van der Waals surface area contributed by atoms with Crippen LogP contribution in [0, 0.1) is 5.41 Å². The van der Waals surface area contributed by atoms with Crippen LogP contribution in [0.1, 0.15) is 46.1 Å². The third kappa shape index (κ3) is 5.44. The molecule has 1 N–H and O–H groups in total. The van der Waals surface area contributed by atoms with Gasteiger partial charge in [0.1, 0.15) is 0 Å². The predicted molar refractivity (Wildman–Crippen MR) is 91.7 cm³/mol. The first-order valence-electron chi connectivity index (χ1n) is 8.49. The maximum Gasteiger partial charge on any atom is 0.0261 e. The van der Waals surface area contributed by atoms with Crippen LogP contribution in [0.3, 0.4) is 0 Å². The molecule has 2 unspecified atom stereocenters. The summed E-state index contributed by atoms with van der Waals surface area (Å²) in [7, 11) is 0. The topological polar surface area (TPSA) is 15.3 Å². The molecule has 0 radical (unpaired) electrons. The Balaban J connectivity index is 1.98. The lowest BCUT2D eigenvalue weighted by molar-refractivity contribution is 0.112. The summed E-state index contributed by atoms with van der Waals surface area (Å²) in [5.74, 6) is 0. The van der Waals surface area contributed by atoms with Gasteiger partial charge in [0.05, 0.1) is 0 Å². The summed E-state index contributed by atoms with van der Waals surface area (Å²) in [5.41, 5.74) is 1.88. The van der Waals surface area contributed by atoms with Crippen molar-refractivity contribution in [1.82, 2.24) is 10.2 Å². The molecule has 1 heterocycles. The number of nitrogens with zero attached hydrogens (tertiary/aromatic N) is 1. The van der Waals surface area contributed by atoms with E-state index in [0.717, 1.165) is 13.0 Å². The van der Waals surface area contributed by atoms with Crippen molar-refractivity contribution < 1.29 is 0 Å². The molecule has 118 valence electrons. The smallest absolute Gasteiger partial charge is 0.0261 e. The van der Waals surface area contributed by atoms with E-state index in [4.69, 9.17) is 0 Å². The molecule has 2 nitrogen and oxygen atoms in total. The van der Waals surface area contributed by atoms with Gasteiger partial charge in [-0.05, 0) is 36.8 Å². The molecule has 0 aliphatic carbocycles. The Morgan fingerprint density at radius 1 is 1.19 bits per heavy atom. The molecule has 2 heteroatoms. The fourth-order valence-corrected chi connectivity index (χ4v) is 3.04. The Bertz CT molecular complexity index is 407. The van der Waals surface area contributed by atoms with E-state index in [1.165, 1.54) is 31.5 Å². The minimum atomic E-state index is 0.421. The summed E-state index contributed by atoms with van der Waals surface area (Å²) >= 11 is 0. The molecule has 1 aromatic carbocycles. The van der Waals surface area contributed by atoms with Crippen LogP contribution in [0.15, 0.2) is 30.3 Å². The van der Waals surface area contributed by atoms with Gasteiger partial charge < -0.3 is 5.32 Å². The Labute approximate surface area is 130 Å². The average Bonchev–Trinajstić information content (AvgIpc) is 2.46. The second kappa shape index (κ2) is 7.42. The van der Waals surface area contributed by atoms with E-state index in [1.807, 2.05) is 0 Å². The Morgan fingerprint density at radius 2 is 1.90 bits per heavy atom. The van der Waals surface area contributed by atoms with Crippen LogP contribution < -0.4 is 5.32 Å². The van der Waals surface area contributed by atoms with E-state index in [1.54, 1.807) is 0 Å². The lowest BCUT2D eigenvalue weighted by atomic mass is 9.91. The first-order valence-corrected chi connectivity index (χ1v) is 8.49. The van der Waals surface area contributed by atoms with Gasteiger partial charge in [0.2, 0.25) is 0 Å². The molecule has 1 aliphatic heterocycles. The van der Waals surface area contributed by atoms with E-state index in [0.29, 0.717) is 17.5 Å². The van der Waals surface area contributed by atoms with E-state index < -0.39 is 0 Å². The molecule has 0 bridgehead atoms.